The van der Waals surface area contributed by atoms with Crippen LogP contribution >= 0.6 is 0 Å². The maximum Gasteiger partial charge on any atom is 0.109 e. The van der Waals surface area contributed by atoms with Crippen LogP contribution in [-0.4, -0.2) is 20.8 Å². The van der Waals surface area contributed by atoms with Gasteiger partial charge in [-0.3, -0.25) is 0 Å². The summed E-state index contributed by atoms with van der Waals surface area (Å²) in [5, 5.41) is 10.1. The lowest BCUT2D eigenvalue weighted by Crippen LogP contribution is -2.25. The first-order valence-corrected chi connectivity index (χ1v) is 7.55. The summed E-state index contributed by atoms with van der Waals surface area (Å²) >= 11 is 0. The minimum Gasteiger partial charge on any atom is -0.393 e. The molecule has 3 heteroatoms. The molecule has 0 spiro atoms. The summed E-state index contributed by atoms with van der Waals surface area (Å²) in [4.78, 5) is 4.72. The van der Waals surface area contributed by atoms with Crippen LogP contribution in [0.3, 0.4) is 0 Å². The smallest absolute Gasteiger partial charge is 0.109 e. The predicted molar refractivity (Wildman–Crippen MR) is 83.8 cm³/mol. The summed E-state index contributed by atoms with van der Waals surface area (Å²) in [5.74, 6) is 1.13. The molecule has 0 aliphatic rings. The largest absolute Gasteiger partial charge is 0.393 e. The molecule has 2 rings (SSSR count). The molecule has 1 heterocycles. The van der Waals surface area contributed by atoms with E-state index in [4.69, 9.17) is 4.98 Å². The van der Waals surface area contributed by atoms with Crippen molar-refractivity contribution in [2.45, 2.75) is 59.6 Å². The molecule has 3 nitrogen and oxygen atoms in total. The molecule has 0 fully saturated rings. The van der Waals surface area contributed by atoms with E-state index in [0.717, 1.165) is 37.1 Å². The Balaban J connectivity index is 2.07. The van der Waals surface area contributed by atoms with Crippen LogP contribution in [0.2, 0.25) is 0 Å². The topological polar surface area (TPSA) is 38.0 Å². The molecule has 0 amide bonds. The van der Waals surface area contributed by atoms with E-state index in [-0.39, 0.29) is 11.5 Å². The van der Waals surface area contributed by atoms with Crippen molar-refractivity contribution in [1.29, 1.82) is 0 Å². The van der Waals surface area contributed by atoms with E-state index in [9.17, 15) is 5.11 Å². The maximum absolute atomic E-state index is 10.1. The lowest BCUT2D eigenvalue weighted by molar-refractivity contribution is 0.0539. The number of fused-ring (bicyclic) bond motifs is 1. The quantitative estimate of drug-likeness (QED) is 0.901. The third-order valence-corrected chi connectivity index (χ3v) is 3.93. The van der Waals surface area contributed by atoms with Crippen LogP contribution < -0.4 is 0 Å². The third kappa shape index (κ3) is 3.21. The summed E-state index contributed by atoms with van der Waals surface area (Å²) < 4.78 is 2.28. The Hall–Kier alpha value is -1.35. The zero-order valence-electron chi connectivity index (χ0n) is 13.1. The molecule has 0 bridgehead atoms. The van der Waals surface area contributed by atoms with Gasteiger partial charge in [-0.25, -0.2) is 4.98 Å². The Morgan fingerprint density at radius 3 is 2.60 bits per heavy atom. The van der Waals surface area contributed by atoms with E-state index in [1.807, 2.05) is 6.07 Å². The summed E-state index contributed by atoms with van der Waals surface area (Å²) in [6.07, 6.45) is 2.48. The van der Waals surface area contributed by atoms with E-state index in [1.165, 1.54) is 5.52 Å². The standard InChI is InChI=1S/C17H26N2O/c1-5-19-14-10-7-6-9-13(14)18-16(19)12-8-11-15(20)17(2,3)4/h6-7,9-10,15,20H,5,8,11-12H2,1-4H3. The van der Waals surface area contributed by atoms with Crippen molar-refractivity contribution in [3.05, 3.63) is 30.1 Å². The zero-order valence-corrected chi connectivity index (χ0v) is 13.1. The van der Waals surface area contributed by atoms with Crippen molar-refractivity contribution < 1.29 is 5.11 Å². The molecule has 1 aromatic carbocycles. The molecular weight excluding hydrogens is 248 g/mol. The minimum atomic E-state index is -0.248. The molecule has 1 unspecified atom stereocenters. The Kier molecular flexibility index (Phi) is 4.48. The number of aliphatic hydroxyl groups is 1. The number of aliphatic hydroxyl groups excluding tert-OH is 1. The first-order chi connectivity index (χ1) is 9.43. The summed E-state index contributed by atoms with van der Waals surface area (Å²) in [5.41, 5.74) is 2.24. The second kappa shape index (κ2) is 5.96. The van der Waals surface area contributed by atoms with Gasteiger partial charge in [0.25, 0.3) is 0 Å². The van der Waals surface area contributed by atoms with Crippen LogP contribution in [0.4, 0.5) is 0 Å². The SMILES string of the molecule is CCn1c(CCCC(O)C(C)(C)C)nc2ccccc21. The van der Waals surface area contributed by atoms with Gasteiger partial charge in [-0.2, -0.15) is 0 Å². The fraction of sp³-hybridized carbons (Fsp3) is 0.588. The Labute approximate surface area is 121 Å². The summed E-state index contributed by atoms with van der Waals surface area (Å²) in [6.45, 7) is 9.34. The first kappa shape index (κ1) is 15.0. The van der Waals surface area contributed by atoms with Crippen LogP contribution in [0, 0.1) is 5.41 Å². The molecule has 0 saturated carbocycles. The van der Waals surface area contributed by atoms with Crippen molar-refractivity contribution in [3.8, 4) is 0 Å². The van der Waals surface area contributed by atoms with Gasteiger partial charge in [0.2, 0.25) is 0 Å². The van der Waals surface area contributed by atoms with Gasteiger partial charge >= 0.3 is 0 Å². The number of imidazole rings is 1. The molecule has 1 aromatic heterocycles. The Bertz CT molecular complexity index is 566. The van der Waals surface area contributed by atoms with Gasteiger partial charge in [-0.1, -0.05) is 32.9 Å². The fourth-order valence-corrected chi connectivity index (χ4v) is 2.56. The number of hydrogen-bond acceptors (Lipinski definition) is 2. The number of nitrogens with zero attached hydrogens (tertiary/aromatic N) is 2. The summed E-state index contributed by atoms with van der Waals surface area (Å²) in [7, 11) is 0. The van der Waals surface area contributed by atoms with Crippen molar-refractivity contribution >= 4 is 11.0 Å². The van der Waals surface area contributed by atoms with E-state index >= 15 is 0 Å². The first-order valence-electron chi connectivity index (χ1n) is 7.55. The second-order valence-electron chi connectivity index (χ2n) is 6.54. The van der Waals surface area contributed by atoms with Crippen molar-refractivity contribution in [1.82, 2.24) is 9.55 Å². The normalized spacial score (nSPS) is 13.8. The van der Waals surface area contributed by atoms with Crippen LogP contribution in [-0.2, 0) is 13.0 Å². The zero-order chi connectivity index (χ0) is 14.8. The Morgan fingerprint density at radius 2 is 1.95 bits per heavy atom. The molecule has 1 atom stereocenters. The monoisotopic (exact) mass is 274 g/mol. The fourth-order valence-electron chi connectivity index (χ4n) is 2.56. The highest BCUT2D eigenvalue weighted by Crippen LogP contribution is 2.24. The lowest BCUT2D eigenvalue weighted by Gasteiger charge is -2.25. The lowest BCUT2D eigenvalue weighted by atomic mass is 9.86. The number of hydrogen-bond donors (Lipinski definition) is 1. The number of aryl methyl sites for hydroxylation is 2. The van der Waals surface area contributed by atoms with Gasteiger partial charge in [-0.05, 0) is 37.3 Å². The maximum atomic E-state index is 10.1. The number of para-hydroxylation sites is 2. The van der Waals surface area contributed by atoms with Crippen molar-refractivity contribution in [2.24, 2.45) is 5.41 Å². The highest BCUT2D eigenvalue weighted by molar-refractivity contribution is 5.75. The highest BCUT2D eigenvalue weighted by atomic mass is 16.3. The number of benzene rings is 1. The molecule has 0 radical (unpaired) electrons. The number of rotatable bonds is 5. The van der Waals surface area contributed by atoms with Gasteiger partial charge in [0.05, 0.1) is 17.1 Å². The molecule has 2 aromatic rings. The van der Waals surface area contributed by atoms with Gasteiger partial charge in [-0.15, -0.1) is 0 Å². The second-order valence-corrected chi connectivity index (χ2v) is 6.54. The van der Waals surface area contributed by atoms with Crippen LogP contribution in [0.15, 0.2) is 24.3 Å². The van der Waals surface area contributed by atoms with E-state index in [1.54, 1.807) is 0 Å². The van der Waals surface area contributed by atoms with Crippen LogP contribution in [0.5, 0.6) is 0 Å². The molecule has 0 aliphatic heterocycles. The molecule has 0 saturated heterocycles. The van der Waals surface area contributed by atoms with Gasteiger partial charge in [0.15, 0.2) is 0 Å². The Morgan fingerprint density at radius 1 is 1.25 bits per heavy atom. The summed E-state index contributed by atoms with van der Waals surface area (Å²) in [6, 6.07) is 8.28. The van der Waals surface area contributed by atoms with Crippen LogP contribution in [0.25, 0.3) is 11.0 Å². The average Bonchev–Trinajstić information content (AvgIpc) is 2.74. The van der Waals surface area contributed by atoms with Crippen LogP contribution in [0.1, 0.15) is 46.4 Å². The third-order valence-electron chi connectivity index (χ3n) is 3.93. The van der Waals surface area contributed by atoms with E-state index in [2.05, 4.69) is 50.5 Å². The van der Waals surface area contributed by atoms with Gasteiger partial charge in [0, 0.05) is 13.0 Å². The minimum absolute atomic E-state index is 0.0368. The molecule has 20 heavy (non-hydrogen) atoms. The number of aromatic nitrogens is 2. The van der Waals surface area contributed by atoms with Crippen molar-refractivity contribution in [2.75, 3.05) is 0 Å². The van der Waals surface area contributed by atoms with Gasteiger partial charge in [0.1, 0.15) is 5.82 Å². The molecule has 0 aliphatic carbocycles. The van der Waals surface area contributed by atoms with E-state index < -0.39 is 0 Å². The molecule has 1 N–H and O–H groups in total. The highest BCUT2D eigenvalue weighted by Gasteiger charge is 2.21. The van der Waals surface area contributed by atoms with E-state index in [0.29, 0.717) is 0 Å². The average molecular weight is 274 g/mol. The predicted octanol–water partition coefficient (Wildman–Crippen LogP) is 3.79. The van der Waals surface area contributed by atoms with Gasteiger partial charge < -0.3 is 9.67 Å². The molecule has 110 valence electrons. The molecular formula is C17H26N2O. The van der Waals surface area contributed by atoms with Crippen molar-refractivity contribution in [3.63, 3.8) is 0 Å².